The van der Waals surface area contributed by atoms with Crippen molar-refractivity contribution in [2.24, 2.45) is 0 Å². The van der Waals surface area contributed by atoms with Crippen molar-refractivity contribution in [2.45, 2.75) is 18.1 Å². The summed E-state index contributed by atoms with van der Waals surface area (Å²) in [7, 11) is 3.97. The number of carbonyl (C=O) groups excluding carboxylic acids is 2. The summed E-state index contributed by atoms with van der Waals surface area (Å²) in [5.41, 5.74) is 1.83. The third kappa shape index (κ3) is 4.11. The van der Waals surface area contributed by atoms with Gasteiger partial charge in [-0.15, -0.1) is 10.2 Å². The highest BCUT2D eigenvalue weighted by molar-refractivity contribution is 7.99. The highest BCUT2D eigenvalue weighted by Crippen LogP contribution is 2.28. The molecule has 0 bridgehead atoms. The number of aromatic nitrogens is 3. The minimum absolute atomic E-state index is 0.0359. The first kappa shape index (κ1) is 21.5. The van der Waals surface area contributed by atoms with Crippen molar-refractivity contribution in [2.75, 3.05) is 26.4 Å². The standard InChI is InChI=1S/C22H22ClN5O2S/c1-14(26(2)3)19-24-25-22(28(19)16-10-8-15(23)9-11-16)31-13-12-27-20(29)17-6-4-5-7-18(17)21(27)30/h4-11,14H,12-13H2,1-3H3. The summed E-state index contributed by atoms with van der Waals surface area (Å²) in [6, 6.07) is 14.5. The predicted molar refractivity (Wildman–Crippen MR) is 121 cm³/mol. The van der Waals surface area contributed by atoms with Crippen molar-refractivity contribution in [1.82, 2.24) is 24.6 Å². The Balaban J connectivity index is 1.55. The van der Waals surface area contributed by atoms with E-state index in [1.54, 1.807) is 24.3 Å². The van der Waals surface area contributed by atoms with Gasteiger partial charge >= 0.3 is 0 Å². The maximum Gasteiger partial charge on any atom is 0.261 e. The highest BCUT2D eigenvalue weighted by Gasteiger charge is 2.34. The summed E-state index contributed by atoms with van der Waals surface area (Å²) < 4.78 is 1.99. The third-order valence-corrected chi connectivity index (χ3v) is 6.48. The molecule has 160 valence electrons. The largest absolute Gasteiger partial charge is 0.300 e. The monoisotopic (exact) mass is 455 g/mol. The van der Waals surface area contributed by atoms with Crippen LogP contribution < -0.4 is 0 Å². The van der Waals surface area contributed by atoms with Crippen LogP contribution in [-0.2, 0) is 0 Å². The molecule has 31 heavy (non-hydrogen) atoms. The van der Waals surface area contributed by atoms with Crippen LogP contribution in [0.1, 0.15) is 39.5 Å². The van der Waals surface area contributed by atoms with E-state index in [1.165, 1.54) is 16.7 Å². The van der Waals surface area contributed by atoms with E-state index >= 15 is 0 Å². The van der Waals surface area contributed by atoms with E-state index in [1.807, 2.05) is 42.9 Å². The van der Waals surface area contributed by atoms with Gasteiger partial charge in [0.2, 0.25) is 0 Å². The maximum atomic E-state index is 12.6. The van der Waals surface area contributed by atoms with Gasteiger partial charge in [-0.2, -0.15) is 0 Å². The summed E-state index contributed by atoms with van der Waals surface area (Å²) in [6.45, 7) is 2.35. The fourth-order valence-corrected chi connectivity index (χ4v) is 4.39. The van der Waals surface area contributed by atoms with E-state index in [2.05, 4.69) is 22.0 Å². The zero-order valence-corrected chi connectivity index (χ0v) is 19.0. The number of imide groups is 1. The highest BCUT2D eigenvalue weighted by atomic mass is 35.5. The minimum atomic E-state index is -0.248. The van der Waals surface area contributed by atoms with E-state index in [0.717, 1.165) is 11.5 Å². The van der Waals surface area contributed by atoms with Crippen LogP contribution in [0.3, 0.4) is 0 Å². The van der Waals surface area contributed by atoms with Gasteiger partial charge in [0.15, 0.2) is 11.0 Å². The molecule has 0 aliphatic carbocycles. The molecule has 0 radical (unpaired) electrons. The quantitative estimate of drug-likeness (QED) is 0.397. The first-order valence-electron chi connectivity index (χ1n) is 9.84. The molecule has 1 aliphatic rings. The number of amides is 2. The number of halogens is 1. The van der Waals surface area contributed by atoms with Crippen molar-refractivity contribution in [3.8, 4) is 5.69 Å². The lowest BCUT2D eigenvalue weighted by molar-refractivity contribution is 0.0664. The molecule has 0 saturated heterocycles. The SMILES string of the molecule is CC(c1nnc(SCCN2C(=O)c3ccccc3C2=O)n1-c1ccc(Cl)cc1)N(C)C. The Bertz CT molecular complexity index is 1090. The Morgan fingerprint density at radius 1 is 1.00 bits per heavy atom. The fourth-order valence-electron chi connectivity index (χ4n) is 3.38. The molecule has 1 aliphatic heterocycles. The van der Waals surface area contributed by atoms with Crippen LogP contribution >= 0.6 is 23.4 Å². The summed E-state index contributed by atoms with van der Waals surface area (Å²) in [5, 5.41) is 10.2. The Morgan fingerprint density at radius 3 is 2.19 bits per heavy atom. The lowest BCUT2D eigenvalue weighted by Crippen LogP contribution is -2.31. The van der Waals surface area contributed by atoms with Gasteiger partial charge in [0.05, 0.1) is 17.2 Å². The third-order valence-electron chi connectivity index (χ3n) is 5.32. The fraction of sp³-hybridized carbons (Fsp3) is 0.273. The maximum absolute atomic E-state index is 12.6. The number of nitrogens with zero attached hydrogens (tertiary/aromatic N) is 5. The van der Waals surface area contributed by atoms with Crippen LogP contribution in [0.4, 0.5) is 0 Å². The lowest BCUT2D eigenvalue weighted by Gasteiger charge is -2.20. The molecule has 1 atom stereocenters. The van der Waals surface area contributed by atoms with Crippen molar-refractivity contribution in [3.05, 3.63) is 70.5 Å². The molecule has 1 aromatic heterocycles. The lowest BCUT2D eigenvalue weighted by atomic mass is 10.1. The molecule has 1 unspecified atom stereocenters. The molecule has 4 rings (SSSR count). The summed E-state index contributed by atoms with van der Waals surface area (Å²) in [5.74, 6) is 0.813. The van der Waals surface area contributed by atoms with Gasteiger partial charge in [-0.25, -0.2) is 0 Å². The van der Waals surface area contributed by atoms with Crippen LogP contribution in [0.15, 0.2) is 53.7 Å². The normalized spacial score (nSPS) is 14.4. The van der Waals surface area contributed by atoms with Gasteiger partial charge in [-0.1, -0.05) is 35.5 Å². The van der Waals surface area contributed by atoms with E-state index in [0.29, 0.717) is 33.6 Å². The van der Waals surface area contributed by atoms with E-state index in [4.69, 9.17) is 11.6 Å². The Labute approximate surface area is 190 Å². The molecular weight excluding hydrogens is 434 g/mol. The van der Waals surface area contributed by atoms with Gasteiger partial charge in [-0.3, -0.25) is 24.0 Å². The summed E-state index contributed by atoms with van der Waals surface area (Å²) in [6.07, 6.45) is 0. The van der Waals surface area contributed by atoms with Crippen LogP contribution in [0, 0.1) is 0 Å². The van der Waals surface area contributed by atoms with Crippen molar-refractivity contribution >= 4 is 35.2 Å². The second kappa shape index (κ2) is 8.82. The average molecular weight is 456 g/mol. The molecule has 9 heteroatoms. The topological polar surface area (TPSA) is 71.3 Å². The molecule has 2 aromatic carbocycles. The zero-order chi connectivity index (χ0) is 22.1. The molecule has 0 fully saturated rings. The van der Waals surface area contributed by atoms with E-state index in [-0.39, 0.29) is 17.9 Å². The number of carbonyl (C=O) groups is 2. The Morgan fingerprint density at radius 2 is 1.61 bits per heavy atom. The smallest absolute Gasteiger partial charge is 0.261 e. The molecule has 3 aromatic rings. The van der Waals surface area contributed by atoms with Gasteiger partial charge in [0.25, 0.3) is 11.8 Å². The average Bonchev–Trinajstić information content (AvgIpc) is 3.29. The Kier molecular flexibility index (Phi) is 6.13. The van der Waals surface area contributed by atoms with Gasteiger partial charge in [-0.05, 0) is 57.4 Å². The summed E-state index contributed by atoms with van der Waals surface area (Å²) in [4.78, 5) is 28.5. The molecule has 2 heterocycles. The predicted octanol–water partition coefficient (Wildman–Crippen LogP) is 3.93. The number of fused-ring (bicyclic) bond motifs is 1. The molecular formula is C22H22ClN5O2S. The number of hydrogen-bond donors (Lipinski definition) is 0. The van der Waals surface area contributed by atoms with Crippen LogP contribution in [0.2, 0.25) is 5.02 Å². The Hall–Kier alpha value is -2.68. The first-order chi connectivity index (χ1) is 14.9. The van der Waals surface area contributed by atoms with Gasteiger partial charge in [0.1, 0.15) is 0 Å². The molecule has 0 N–H and O–H groups in total. The number of benzene rings is 2. The molecule has 0 saturated carbocycles. The summed E-state index contributed by atoms with van der Waals surface area (Å²) >= 11 is 7.52. The number of thioether (sulfide) groups is 1. The number of rotatable bonds is 7. The second-order valence-corrected chi connectivity index (χ2v) is 8.95. The van der Waals surface area contributed by atoms with Crippen molar-refractivity contribution in [3.63, 3.8) is 0 Å². The first-order valence-corrected chi connectivity index (χ1v) is 11.2. The van der Waals surface area contributed by atoms with Gasteiger partial charge in [0, 0.05) is 23.0 Å². The zero-order valence-electron chi connectivity index (χ0n) is 17.4. The van der Waals surface area contributed by atoms with E-state index < -0.39 is 0 Å². The second-order valence-electron chi connectivity index (χ2n) is 7.45. The molecule has 0 spiro atoms. The molecule has 7 nitrogen and oxygen atoms in total. The van der Waals surface area contributed by atoms with Crippen LogP contribution in [-0.4, -0.2) is 62.8 Å². The van der Waals surface area contributed by atoms with Crippen molar-refractivity contribution < 1.29 is 9.59 Å². The minimum Gasteiger partial charge on any atom is -0.300 e. The van der Waals surface area contributed by atoms with Crippen LogP contribution in [0.25, 0.3) is 5.69 Å². The van der Waals surface area contributed by atoms with Crippen molar-refractivity contribution in [1.29, 1.82) is 0 Å². The molecule has 2 amide bonds. The number of hydrogen-bond acceptors (Lipinski definition) is 6. The van der Waals surface area contributed by atoms with Crippen LogP contribution in [0.5, 0.6) is 0 Å². The van der Waals surface area contributed by atoms with Gasteiger partial charge < -0.3 is 0 Å². The van der Waals surface area contributed by atoms with E-state index in [9.17, 15) is 9.59 Å².